The molecule has 0 radical (unpaired) electrons. The molecule has 0 aliphatic carbocycles. The lowest BCUT2D eigenvalue weighted by Crippen LogP contribution is -1.99. The van der Waals surface area contributed by atoms with E-state index in [9.17, 15) is 0 Å². The van der Waals surface area contributed by atoms with Gasteiger partial charge in [-0.05, 0) is 50.6 Å². The monoisotopic (exact) mass is 271 g/mol. The van der Waals surface area contributed by atoms with Crippen molar-refractivity contribution >= 4 is 28.1 Å². The fourth-order valence-corrected chi connectivity index (χ4v) is 3.25. The Balaban J connectivity index is 1.79. The van der Waals surface area contributed by atoms with Gasteiger partial charge >= 0.3 is 0 Å². The highest BCUT2D eigenvalue weighted by Crippen LogP contribution is 2.22. The third-order valence-electron chi connectivity index (χ3n) is 3.23. The van der Waals surface area contributed by atoms with Gasteiger partial charge in [-0.15, -0.1) is 11.3 Å². The maximum Gasteiger partial charge on any atom is 0.104 e. The van der Waals surface area contributed by atoms with Crippen molar-refractivity contribution < 1.29 is 0 Å². The van der Waals surface area contributed by atoms with Crippen molar-refractivity contribution in [2.45, 2.75) is 27.3 Å². The Bertz CT molecular complexity index is 724. The highest BCUT2D eigenvalue weighted by molar-refractivity contribution is 7.12. The van der Waals surface area contributed by atoms with Crippen LogP contribution < -0.4 is 5.32 Å². The molecule has 0 saturated heterocycles. The smallest absolute Gasteiger partial charge is 0.104 e. The first-order valence-electron chi connectivity index (χ1n) is 6.38. The van der Waals surface area contributed by atoms with E-state index in [0.29, 0.717) is 0 Å². The van der Waals surface area contributed by atoms with E-state index in [1.54, 1.807) is 0 Å². The van der Waals surface area contributed by atoms with Gasteiger partial charge in [0.1, 0.15) is 5.82 Å². The fourth-order valence-electron chi connectivity index (χ4n) is 2.30. The fraction of sp³-hybridized carbons (Fsp3) is 0.267. The molecule has 98 valence electrons. The molecule has 19 heavy (non-hydrogen) atoms. The number of nitrogens with one attached hydrogen (secondary N) is 2. The minimum Gasteiger partial charge on any atom is -0.381 e. The van der Waals surface area contributed by atoms with E-state index in [-0.39, 0.29) is 0 Å². The minimum atomic E-state index is 0.870. The summed E-state index contributed by atoms with van der Waals surface area (Å²) in [5.41, 5.74) is 4.61. The number of hydrogen-bond donors (Lipinski definition) is 2. The van der Waals surface area contributed by atoms with Crippen molar-refractivity contribution in [2.75, 3.05) is 5.32 Å². The Labute approximate surface area is 116 Å². The third kappa shape index (κ3) is 2.49. The SMILES string of the molecule is Cc1nc2ccc(NCc3cc(C)sc3C)cc2[nH]1. The van der Waals surface area contributed by atoms with E-state index in [4.69, 9.17) is 0 Å². The third-order valence-corrected chi connectivity index (χ3v) is 4.24. The highest BCUT2D eigenvalue weighted by Gasteiger charge is 2.04. The van der Waals surface area contributed by atoms with E-state index in [2.05, 4.69) is 47.3 Å². The van der Waals surface area contributed by atoms with Crippen molar-refractivity contribution in [1.82, 2.24) is 9.97 Å². The van der Waals surface area contributed by atoms with E-state index in [1.807, 2.05) is 24.3 Å². The second-order valence-electron chi connectivity index (χ2n) is 4.85. The minimum absolute atomic E-state index is 0.870. The van der Waals surface area contributed by atoms with Crippen LogP contribution in [-0.2, 0) is 6.54 Å². The number of H-pyrrole nitrogens is 1. The Hall–Kier alpha value is -1.81. The first-order chi connectivity index (χ1) is 9.11. The van der Waals surface area contributed by atoms with Crippen molar-refractivity contribution in [3.63, 3.8) is 0 Å². The standard InChI is InChI=1S/C15H17N3S/c1-9-6-12(10(2)19-9)8-16-13-4-5-14-15(7-13)18-11(3)17-14/h4-7,16H,8H2,1-3H3,(H,17,18). The molecule has 3 nitrogen and oxygen atoms in total. The summed E-state index contributed by atoms with van der Waals surface area (Å²) in [5, 5.41) is 3.48. The van der Waals surface area contributed by atoms with Crippen LogP contribution >= 0.6 is 11.3 Å². The summed E-state index contributed by atoms with van der Waals surface area (Å²) in [7, 11) is 0. The molecule has 4 heteroatoms. The maximum atomic E-state index is 4.41. The van der Waals surface area contributed by atoms with Gasteiger partial charge < -0.3 is 10.3 Å². The Morgan fingerprint density at radius 3 is 2.79 bits per heavy atom. The molecule has 0 saturated carbocycles. The van der Waals surface area contributed by atoms with Crippen LogP contribution in [0.1, 0.15) is 21.1 Å². The number of aromatic amines is 1. The van der Waals surface area contributed by atoms with Gasteiger partial charge in [-0.1, -0.05) is 0 Å². The number of anilines is 1. The van der Waals surface area contributed by atoms with Gasteiger partial charge in [0.05, 0.1) is 11.0 Å². The topological polar surface area (TPSA) is 40.7 Å². The predicted octanol–water partition coefficient (Wildman–Crippen LogP) is 4.16. The second kappa shape index (κ2) is 4.70. The zero-order chi connectivity index (χ0) is 13.4. The number of benzene rings is 1. The van der Waals surface area contributed by atoms with Gasteiger partial charge in [-0.25, -0.2) is 4.98 Å². The van der Waals surface area contributed by atoms with Crippen molar-refractivity contribution in [3.8, 4) is 0 Å². The summed E-state index contributed by atoms with van der Waals surface area (Å²) in [6.07, 6.45) is 0. The molecule has 0 unspecified atom stereocenters. The molecule has 2 N–H and O–H groups in total. The van der Waals surface area contributed by atoms with Crippen molar-refractivity contribution in [3.05, 3.63) is 45.4 Å². The molecular weight excluding hydrogens is 254 g/mol. The summed E-state index contributed by atoms with van der Waals surface area (Å²) in [6.45, 7) is 7.18. The Kier molecular flexibility index (Phi) is 3.03. The number of rotatable bonds is 3. The predicted molar refractivity (Wildman–Crippen MR) is 82.0 cm³/mol. The Morgan fingerprint density at radius 1 is 1.21 bits per heavy atom. The number of aromatic nitrogens is 2. The van der Waals surface area contributed by atoms with E-state index < -0.39 is 0 Å². The molecule has 0 atom stereocenters. The zero-order valence-electron chi connectivity index (χ0n) is 11.4. The lowest BCUT2D eigenvalue weighted by molar-refractivity contribution is 1.14. The summed E-state index contributed by atoms with van der Waals surface area (Å²) in [6, 6.07) is 8.50. The number of imidazole rings is 1. The summed E-state index contributed by atoms with van der Waals surface area (Å²) < 4.78 is 0. The quantitative estimate of drug-likeness (QED) is 0.751. The molecule has 2 heterocycles. The Morgan fingerprint density at radius 2 is 2.05 bits per heavy atom. The van der Waals surface area contributed by atoms with Crippen LogP contribution in [0.15, 0.2) is 24.3 Å². The van der Waals surface area contributed by atoms with Crippen LogP contribution in [0.3, 0.4) is 0 Å². The second-order valence-corrected chi connectivity index (χ2v) is 6.31. The van der Waals surface area contributed by atoms with E-state index in [0.717, 1.165) is 29.1 Å². The number of aryl methyl sites for hydroxylation is 3. The highest BCUT2D eigenvalue weighted by atomic mass is 32.1. The molecule has 3 rings (SSSR count). The van der Waals surface area contributed by atoms with Gasteiger partial charge in [0, 0.05) is 22.0 Å². The van der Waals surface area contributed by atoms with Crippen LogP contribution in [0.25, 0.3) is 11.0 Å². The maximum absolute atomic E-state index is 4.41. The molecule has 0 bridgehead atoms. The normalized spacial score (nSPS) is 11.1. The lowest BCUT2D eigenvalue weighted by atomic mass is 10.2. The number of thiophene rings is 1. The zero-order valence-corrected chi connectivity index (χ0v) is 12.2. The van der Waals surface area contributed by atoms with Crippen LogP contribution in [0.4, 0.5) is 5.69 Å². The number of hydrogen-bond acceptors (Lipinski definition) is 3. The van der Waals surface area contributed by atoms with Gasteiger partial charge in [0.2, 0.25) is 0 Å². The largest absolute Gasteiger partial charge is 0.381 e. The molecule has 0 aliphatic rings. The molecular formula is C15H17N3S. The van der Waals surface area contributed by atoms with E-state index in [1.165, 1.54) is 15.3 Å². The molecule has 1 aromatic carbocycles. The average Bonchev–Trinajstić information content (AvgIpc) is 2.87. The first kappa shape index (κ1) is 12.2. The van der Waals surface area contributed by atoms with Crippen LogP contribution in [0.2, 0.25) is 0 Å². The van der Waals surface area contributed by atoms with Gasteiger partial charge in [-0.3, -0.25) is 0 Å². The van der Waals surface area contributed by atoms with Gasteiger partial charge in [-0.2, -0.15) is 0 Å². The molecule has 0 spiro atoms. The molecule has 0 fully saturated rings. The summed E-state index contributed by atoms with van der Waals surface area (Å²) in [4.78, 5) is 10.4. The van der Waals surface area contributed by atoms with Gasteiger partial charge in [0.25, 0.3) is 0 Å². The average molecular weight is 271 g/mol. The molecule has 0 amide bonds. The van der Waals surface area contributed by atoms with Crippen LogP contribution in [-0.4, -0.2) is 9.97 Å². The number of fused-ring (bicyclic) bond motifs is 1. The summed E-state index contributed by atoms with van der Waals surface area (Å²) in [5.74, 6) is 0.955. The number of nitrogens with zero attached hydrogens (tertiary/aromatic N) is 1. The van der Waals surface area contributed by atoms with Crippen molar-refractivity contribution in [2.24, 2.45) is 0 Å². The summed E-state index contributed by atoms with van der Waals surface area (Å²) >= 11 is 1.85. The van der Waals surface area contributed by atoms with Crippen molar-refractivity contribution in [1.29, 1.82) is 0 Å². The lowest BCUT2D eigenvalue weighted by Gasteiger charge is -2.05. The van der Waals surface area contributed by atoms with Gasteiger partial charge in [0.15, 0.2) is 0 Å². The van der Waals surface area contributed by atoms with Crippen LogP contribution in [0.5, 0.6) is 0 Å². The van der Waals surface area contributed by atoms with Crippen LogP contribution in [0, 0.1) is 20.8 Å². The van der Waals surface area contributed by atoms with E-state index >= 15 is 0 Å². The molecule has 3 aromatic rings. The first-order valence-corrected chi connectivity index (χ1v) is 7.19. The molecule has 2 aromatic heterocycles. The molecule has 0 aliphatic heterocycles.